The Morgan fingerprint density at radius 2 is 1.82 bits per heavy atom. The molecule has 1 aliphatic rings. The summed E-state index contributed by atoms with van der Waals surface area (Å²) < 4.78 is 27.5. The van der Waals surface area contributed by atoms with Crippen LogP contribution in [0.4, 0.5) is 0 Å². The van der Waals surface area contributed by atoms with Crippen molar-refractivity contribution in [2.45, 2.75) is 18.0 Å². The molecule has 0 radical (unpaired) electrons. The van der Waals surface area contributed by atoms with E-state index in [-0.39, 0.29) is 4.90 Å². The Bertz CT molecular complexity index is 853. The summed E-state index contributed by atoms with van der Waals surface area (Å²) in [6.45, 7) is 1.90. The molecule has 0 bridgehead atoms. The molecular weight excluding hydrogens is 368 g/mol. The fraction of sp³-hybridized carbons (Fsp3) is 0.200. The van der Waals surface area contributed by atoms with E-state index >= 15 is 0 Å². The summed E-state index contributed by atoms with van der Waals surface area (Å²) >= 11 is 3.40. The van der Waals surface area contributed by atoms with Gasteiger partial charge in [0, 0.05) is 29.5 Å². The lowest BCUT2D eigenvalue weighted by Gasteiger charge is -2.28. The second kappa shape index (κ2) is 5.26. The Hall–Kier alpha value is -1.57. The van der Waals surface area contributed by atoms with Crippen molar-refractivity contribution in [1.29, 1.82) is 0 Å². The van der Waals surface area contributed by atoms with Gasteiger partial charge < -0.3 is 10.0 Å². The van der Waals surface area contributed by atoms with Gasteiger partial charge in [0.1, 0.15) is 0 Å². The van der Waals surface area contributed by atoms with Crippen molar-refractivity contribution in [2.24, 2.45) is 0 Å². The summed E-state index contributed by atoms with van der Waals surface area (Å²) in [5.74, 6) is 0. The Morgan fingerprint density at radius 1 is 1.18 bits per heavy atom. The number of aromatic nitrogens is 1. The molecule has 0 saturated heterocycles. The van der Waals surface area contributed by atoms with Crippen LogP contribution in [0.2, 0.25) is 0 Å². The van der Waals surface area contributed by atoms with Crippen LogP contribution >= 0.6 is 15.9 Å². The Balaban J connectivity index is 2.19. The predicted molar refractivity (Wildman–Crippen MR) is 87.8 cm³/mol. The van der Waals surface area contributed by atoms with Crippen LogP contribution in [0.5, 0.6) is 0 Å². The van der Waals surface area contributed by atoms with Crippen LogP contribution < -0.4 is 0 Å². The number of aliphatic hydroxyl groups excluding tert-OH is 1. The van der Waals surface area contributed by atoms with Crippen molar-refractivity contribution in [3.63, 3.8) is 0 Å². The summed E-state index contributed by atoms with van der Waals surface area (Å²) in [5, 5.41) is 10.3. The fourth-order valence-electron chi connectivity index (χ4n) is 2.43. The van der Waals surface area contributed by atoms with Gasteiger partial charge in [0.2, 0.25) is 0 Å². The van der Waals surface area contributed by atoms with Gasteiger partial charge in [-0.1, -0.05) is 17.7 Å². The lowest BCUT2D eigenvalue weighted by Crippen LogP contribution is -2.27. The normalized spacial score (nSPS) is 18.1. The zero-order chi connectivity index (χ0) is 16.1. The van der Waals surface area contributed by atoms with Gasteiger partial charge in [-0.15, -0.1) is 0 Å². The van der Waals surface area contributed by atoms with Crippen LogP contribution in [0.25, 0.3) is 4.48 Å². The van der Waals surface area contributed by atoms with Crippen LogP contribution in [0.15, 0.2) is 47.6 Å². The SMILES string of the molecule is Cc1ccc(S(=O)(=O)n2ccc3c2C(O)N(C)C=C3Br)cc1. The maximum atomic E-state index is 12.8. The molecule has 0 aliphatic carbocycles. The van der Waals surface area contributed by atoms with Crippen molar-refractivity contribution in [1.82, 2.24) is 8.87 Å². The molecule has 0 fully saturated rings. The maximum absolute atomic E-state index is 12.8. The number of halogens is 1. The molecular formula is C15H15BrN2O3S. The third kappa shape index (κ3) is 2.29. The van der Waals surface area contributed by atoms with Crippen LogP contribution in [0.1, 0.15) is 23.0 Å². The number of hydrogen-bond acceptors (Lipinski definition) is 4. The highest BCUT2D eigenvalue weighted by atomic mass is 79.9. The largest absolute Gasteiger partial charge is 0.368 e. The van der Waals surface area contributed by atoms with Gasteiger partial charge in [-0.05, 0) is 41.1 Å². The van der Waals surface area contributed by atoms with Gasteiger partial charge in [-0.2, -0.15) is 0 Å². The summed E-state index contributed by atoms with van der Waals surface area (Å²) in [5.41, 5.74) is 1.98. The molecule has 2 aromatic rings. The lowest BCUT2D eigenvalue weighted by molar-refractivity contribution is 0.0480. The molecule has 1 unspecified atom stereocenters. The van der Waals surface area contributed by atoms with Crippen LogP contribution in [-0.4, -0.2) is 29.4 Å². The van der Waals surface area contributed by atoms with Gasteiger partial charge >= 0.3 is 0 Å². The van der Waals surface area contributed by atoms with Crippen molar-refractivity contribution in [2.75, 3.05) is 7.05 Å². The number of rotatable bonds is 2. The Kier molecular flexibility index (Phi) is 3.66. The molecule has 22 heavy (non-hydrogen) atoms. The molecule has 1 atom stereocenters. The number of fused-ring (bicyclic) bond motifs is 1. The summed E-state index contributed by atoms with van der Waals surface area (Å²) in [6.07, 6.45) is 2.17. The minimum atomic E-state index is -3.75. The first kappa shape index (κ1) is 15.3. The first-order chi connectivity index (χ1) is 10.3. The van der Waals surface area contributed by atoms with E-state index in [0.717, 1.165) is 14.0 Å². The topological polar surface area (TPSA) is 62.5 Å². The zero-order valence-corrected chi connectivity index (χ0v) is 14.5. The van der Waals surface area contributed by atoms with Gasteiger partial charge in [0.15, 0.2) is 6.23 Å². The molecule has 1 N–H and O–H groups in total. The van der Waals surface area contributed by atoms with Crippen LogP contribution in [0, 0.1) is 6.92 Å². The standard InChI is InChI=1S/C15H15BrN2O3S/c1-10-3-5-11(6-4-10)22(20,21)18-8-7-12-13(16)9-17(2)15(19)14(12)18/h3-9,15,19H,1-2H3. The molecule has 7 heteroatoms. The molecule has 3 rings (SSSR count). The third-order valence-corrected chi connectivity index (χ3v) is 6.01. The number of nitrogens with zero attached hydrogens (tertiary/aromatic N) is 2. The van der Waals surface area contributed by atoms with Crippen LogP contribution in [-0.2, 0) is 10.0 Å². The van der Waals surface area contributed by atoms with Gasteiger partial charge in [0.05, 0.1) is 10.6 Å². The number of benzene rings is 1. The molecule has 0 saturated carbocycles. The molecule has 5 nitrogen and oxygen atoms in total. The Morgan fingerprint density at radius 3 is 2.45 bits per heavy atom. The molecule has 1 aliphatic heterocycles. The summed E-state index contributed by atoms with van der Waals surface area (Å²) in [6, 6.07) is 8.32. The summed E-state index contributed by atoms with van der Waals surface area (Å²) in [7, 11) is -2.07. The first-order valence-electron chi connectivity index (χ1n) is 6.63. The van der Waals surface area contributed by atoms with Crippen molar-refractivity contribution in [3.8, 4) is 0 Å². The van der Waals surface area contributed by atoms with Gasteiger partial charge in [0.25, 0.3) is 10.0 Å². The molecule has 2 heterocycles. The minimum absolute atomic E-state index is 0.192. The maximum Gasteiger partial charge on any atom is 0.268 e. The van der Waals surface area contributed by atoms with E-state index in [0.29, 0.717) is 11.3 Å². The molecule has 116 valence electrons. The van der Waals surface area contributed by atoms with Crippen molar-refractivity contribution < 1.29 is 13.5 Å². The summed E-state index contributed by atoms with van der Waals surface area (Å²) in [4.78, 5) is 1.74. The van der Waals surface area contributed by atoms with E-state index in [2.05, 4.69) is 15.9 Å². The third-order valence-electron chi connectivity index (χ3n) is 3.67. The smallest absolute Gasteiger partial charge is 0.268 e. The van der Waals surface area contributed by atoms with E-state index in [1.54, 1.807) is 48.5 Å². The van der Waals surface area contributed by atoms with Gasteiger partial charge in [-0.25, -0.2) is 12.4 Å². The lowest BCUT2D eigenvalue weighted by atomic mass is 10.1. The highest BCUT2D eigenvalue weighted by molar-refractivity contribution is 9.15. The van der Waals surface area contributed by atoms with E-state index in [1.165, 1.54) is 6.20 Å². The van der Waals surface area contributed by atoms with Crippen LogP contribution in [0.3, 0.4) is 0 Å². The molecule has 1 aromatic carbocycles. The first-order valence-corrected chi connectivity index (χ1v) is 8.87. The number of aryl methyl sites for hydroxylation is 1. The minimum Gasteiger partial charge on any atom is -0.368 e. The number of hydrogen-bond donors (Lipinski definition) is 1. The number of aliphatic hydroxyl groups is 1. The average Bonchev–Trinajstić information content (AvgIpc) is 2.91. The molecule has 0 amide bonds. The van der Waals surface area contributed by atoms with E-state index < -0.39 is 16.3 Å². The second-order valence-corrected chi connectivity index (χ2v) is 7.91. The highest BCUT2D eigenvalue weighted by Gasteiger charge is 2.31. The average molecular weight is 383 g/mol. The van der Waals surface area contributed by atoms with Crippen molar-refractivity contribution >= 4 is 30.4 Å². The van der Waals surface area contributed by atoms with E-state index in [1.807, 2.05) is 6.92 Å². The monoisotopic (exact) mass is 382 g/mol. The quantitative estimate of drug-likeness (QED) is 0.866. The van der Waals surface area contributed by atoms with E-state index in [4.69, 9.17) is 0 Å². The predicted octanol–water partition coefficient (Wildman–Crippen LogP) is 2.66. The van der Waals surface area contributed by atoms with Gasteiger partial charge in [-0.3, -0.25) is 0 Å². The highest BCUT2D eigenvalue weighted by Crippen LogP contribution is 2.37. The molecule has 1 aromatic heterocycles. The second-order valence-electron chi connectivity index (χ2n) is 5.24. The molecule has 0 spiro atoms. The zero-order valence-electron chi connectivity index (χ0n) is 12.1. The van der Waals surface area contributed by atoms with Crippen molar-refractivity contribution in [3.05, 3.63) is 59.5 Å². The Labute approximate surface area is 137 Å². The fourth-order valence-corrected chi connectivity index (χ4v) is 4.46. The van der Waals surface area contributed by atoms with E-state index in [9.17, 15) is 13.5 Å².